The minimum atomic E-state index is -4.11. The summed E-state index contributed by atoms with van der Waals surface area (Å²) in [6.07, 6.45) is -0.515. The maximum absolute atomic E-state index is 13.7. The van der Waals surface area contributed by atoms with E-state index in [0.29, 0.717) is 17.1 Å². The van der Waals surface area contributed by atoms with Crippen molar-refractivity contribution in [3.8, 4) is 17.2 Å². The van der Waals surface area contributed by atoms with E-state index in [1.165, 1.54) is 37.9 Å². The summed E-state index contributed by atoms with van der Waals surface area (Å²) in [5, 5.41) is 7.75. The Hall–Kier alpha value is -3.56. The topological polar surface area (TPSA) is 111 Å². The summed E-state index contributed by atoms with van der Waals surface area (Å²) in [4.78, 5) is 12.0. The predicted octanol–water partition coefficient (Wildman–Crippen LogP) is 3.69. The molecule has 0 saturated heterocycles. The van der Waals surface area contributed by atoms with Crippen LogP contribution in [0.2, 0.25) is 0 Å². The molecule has 1 atom stereocenters. The zero-order valence-electron chi connectivity index (χ0n) is 18.2. The minimum Gasteiger partial charge on any atom is -0.493 e. The summed E-state index contributed by atoms with van der Waals surface area (Å²) < 4.78 is 43.7. The fourth-order valence-electron chi connectivity index (χ4n) is 3.37. The van der Waals surface area contributed by atoms with E-state index in [9.17, 15) is 13.2 Å². The maximum Gasteiger partial charge on any atom is 0.245 e. The van der Waals surface area contributed by atoms with Crippen LogP contribution in [-0.4, -0.2) is 33.8 Å². The van der Waals surface area contributed by atoms with Gasteiger partial charge >= 0.3 is 0 Å². The lowest BCUT2D eigenvalue weighted by Gasteiger charge is -2.21. The third-order valence-corrected chi connectivity index (χ3v) is 7.14. The van der Waals surface area contributed by atoms with E-state index >= 15 is 0 Å². The van der Waals surface area contributed by atoms with Crippen LogP contribution in [0.5, 0.6) is 17.2 Å². The van der Waals surface area contributed by atoms with Crippen molar-refractivity contribution in [2.24, 2.45) is 0 Å². The number of sulfone groups is 1. The Labute approximate surface area is 192 Å². The number of hydroxylamine groups is 1. The number of nitrogens with one attached hydrogen (secondary N) is 1. The molecule has 0 fully saturated rings. The molecule has 0 saturated carbocycles. The number of rotatable bonds is 10. The van der Waals surface area contributed by atoms with Gasteiger partial charge in [0, 0.05) is 11.6 Å². The number of amides is 1. The number of ether oxygens (including phenoxy) is 3. The molecule has 0 radical (unpaired) electrons. The minimum absolute atomic E-state index is 0.0613. The first-order valence-electron chi connectivity index (χ1n) is 10.0. The largest absolute Gasteiger partial charge is 0.493 e. The van der Waals surface area contributed by atoms with Crippen LogP contribution in [0.4, 0.5) is 0 Å². The van der Waals surface area contributed by atoms with Crippen LogP contribution in [0.3, 0.4) is 0 Å². The lowest BCUT2D eigenvalue weighted by atomic mass is 10.1. The quantitative estimate of drug-likeness (QED) is 0.343. The van der Waals surface area contributed by atoms with Crippen LogP contribution < -0.4 is 19.7 Å². The first kappa shape index (κ1) is 24.1. The number of hydrogen-bond acceptors (Lipinski definition) is 7. The molecule has 3 rings (SSSR count). The van der Waals surface area contributed by atoms with Crippen LogP contribution in [0.1, 0.15) is 22.8 Å². The molecule has 3 aromatic rings. The average Bonchev–Trinajstić information content (AvgIpc) is 2.86. The molecule has 3 aromatic carbocycles. The number of carbonyl (C=O) groups is 1. The van der Waals surface area contributed by atoms with E-state index in [0.717, 1.165) is 5.56 Å². The van der Waals surface area contributed by atoms with Crippen LogP contribution >= 0.6 is 0 Å². The maximum atomic E-state index is 13.7. The van der Waals surface area contributed by atoms with Crippen LogP contribution in [0.15, 0.2) is 77.7 Å². The van der Waals surface area contributed by atoms with Crippen molar-refractivity contribution in [1.82, 2.24) is 5.48 Å². The third kappa shape index (κ3) is 5.63. The lowest BCUT2D eigenvalue weighted by molar-refractivity contribution is -0.129. The number of methoxy groups -OCH3 is 2. The second-order valence-electron chi connectivity index (χ2n) is 7.10. The molecular weight excluding hydrogens is 446 g/mol. The Morgan fingerprint density at radius 1 is 0.909 bits per heavy atom. The molecule has 0 aliphatic rings. The number of carbonyl (C=O) groups excluding carboxylic acids is 1. The molecule has 0 aliphatic heterocycles. The smallest absolute Gasteiger partial charge is 0.245 e. The third-order valence-electron chi connectivity index (χ3n) is 5.06. The second-order valence-corrected chi connectivity index (χ2v) is 9.23. The Bertz CT molecular complexity index is 1200. The first-order chi connectivity index (χ1) is 15.9. The van der Waals surface area contributed by atoms with Gasteiger partial charge in [0.25, 0.3) is 0 Å². The van der Waals surface area contributed by atoms with Gasteiger partial charge in [-0.05, 0) is 23.8 Å². The van der Waals surface area contributed by atoms with Crippen LogP contribution in [-0.2, 0) is 21.2 Å². The highest BCUT2D eigenvalue weighted by atomic mass is 32.2. The van der Waals surface area contributed by atoms with Crippen LogP contribution in [0, 0.1) is 0 Å². The molecule has 0 heterocycles. The zero-order chi connectivity index (χ0) is 23.8. The summed E-state index contributed by atoms with van der Waals surface area (Å²) in [5.74, 6) is 0.0771. The molecule has 8 nitrogen and oxygen atoms in total. The Morgan fingerprint density at radius 3 is 2.24 bits per heavy atom. The van der Waals surface area contributed by atoms with E-state index in [-0.39, 0.29) is 17.3 Å². The molecular formula is C24H25NO7S. The summed E-state index contributed by atoms with van der Waals surface area (Å²) in [5.41, 5.74) is 2.72. The molecule has 0 bridgehead atoms. The van der Waals surface area contributed by atoms with Crippen molar-refractivity contribution in [3.05, 3.63) is 83.9 Å². The van der Waals surface area contributed by atoms with Crippen molar-refractivity contribution in [1.29, 1.82) is 0 Å². The fraction of sp³-hybridized carbons (Fsp3) is 0.208. The van der Waals surface area contributed by atoms with Gasteiger partial charge in [-0.2, -0.15) is 0 Å². The normalized spacial score (nSPS) is 12.0. The monoisotopic (exact) mass is 471 g/mol. The van der Waals surface area contributed by atoms with E-state index in [2.05, 4.69) is 0 Å². The predicted molar refractivity (Wildman–Crippen MR) is 121 cm³/mol. The van der Waals surface area contributed by atoms with Gasteiger partial charge in [0.15, 0.2) is 21.3 Å². The Balaban J connectivity index is 2.04. The molecule has 0 aromatic heterocycles. The van der Waals surface area contributed by atoms with Crippen LogP contribution in [0.25, 0.3) is 0 Å². The summed E-state index contributed by atoms with van der Waals surface area (Å²) in [6.45, 7) is 0.215. The number of benzene rings is 3. The van der Waals surface area contributed by atoms with Gasteiger partial charge in [-0.3, -0.25) is 10.0 Å². The van der Waals surface area contributed by atoms with Gasteiger partial charge in [0.05, 0.1) is 25.5 Å². The molecule has 1 amide bonds. The van der Waals surface area contributed by atoms with Crippen molar-refractivity contribution in [2.75, 3.05) is 14.2 Å². The van der Waals surface area contributed by atoms with Gasteiger partial charge < -0.3 is 14.2 Å². The van der Waals surface area contributed by atoms with Gasteiger partial charge in [0.1, 0.15) is 17.6 Å². The molecule has 0 aliphatic carbocycles. The Morgan fingerprint density at radius 2 is 1.58 bits per heavy atom. The standard InChI is InChI=1S/C24H25NO7S/c1-30-21-13-12-18(14-22(21)31-2)33(28,29)23(15-24(26)25-27)19-10-6-7-11-20(19)32-16-17-8-4-3-5-9-17/h3-14,23,27H,15-16H2,1-2H3,(H,25,26). The molecule has 174 valence electrons. The molecule has 9 heteroatoms. The highest BCUT2D eigenvalue weighted by molar-refractivity contribution is 7.91. The fourth-order valence-corrected chi connectivity index (χ4v) is 5.13. The van der Waals surface area contributed by atoms with Crippen molar-refractivity contribution < 1.29 is 32.6 Å². The number of hydrogen-bond donors (Lipinski definition) is 2. The van der Waals surface area contributed by atoms with Gasteiger partial charge in [-0.25, -0.2) is 13.9 Å². The average molecular weight is 472 g/mol. The summed E-state index contributed by atoms with van der Waals surface area (Å²) >= 11 is 0. The highest BCUT2D eigenvalue weighted by Gasteiger charge is 2.34. The number of para-hydroxylation sites is 1. The molecule has 2 N–H and O–H groups in total. The Kier molecular flexibility index (Phi) is 7.92. The van der Waals surface area contributed by atoms with Gasteiger partial charge in [-0.1, -0.05) is 48.5 Å². The van der Waals surface area contributed by atoms with Crippen molar-refractivity contribution in [3.63, 3.8) is 0 Å². The van der Waals surface area contributed by atoms with E-state index in [4.69, 9.17) is 19.4 Å². The molecule has 1 unspecified atom stereocenters. The van der Waals surface area contributed by atoms with E-state index < -0.39 is 27.4 Å². The van der Waals surface area contributed by atoms with Crippen molar-refractivity contribution >= 4 is 15.7 Å². The first-order valence-corrected chi connectivity index (χ1v) is 11.6. The zero-order valence-corrected chi connectivity index (χ0v) is 19.0. The summed E-state index contributed by atoms with van der Waals surface area (Å²) in [7, 11) is -1.26. The molecule has 33 heavy (non-hydrogen) atoms. The van der Waals surface area contributed by atoms with E-state index in [1.54, 1.807) is 24.3 Å². The van der Waals surface area contributed by atoms with Gasteiger partial charge in [-0.15, -0.1) is 0 Å². The molecule has 0 spiro atoms. The second kappa shape index (κ2) is 10.8. The summed E-state index contributed by atoms with van der Waals surface area (Å²) in [6, 6.07) is 20.2. The van der Waals surface area contributed by atoms with Gasteiger partial charge in [0.2, 0.25) is 5.91 Å². The van der Waals surface area contributed by atoms with E-state index in [1.807, 2.05) is 30.3 Å². The van der Waals surface area contributed by atoms with Crippen molar-refractivity contribution in [2.45, 2.75) is 23.2 Å². The highest BCUT2D eigenvalue weighted by Crippen LogP contribution is 2.39. The lowest BCUT2D eigenvalue weighted by Crippen LogP contribution is -2.25. The SMILES string of the molecule is COc1ccc(S(=O)(=O)C(CC(=O)NO)c2ccccc2OCc2ccccc2)cc1OC.